The minimum absolute atomic E-state index is 0.135. The van der Waals surface area contributed by atoms with E-state index < -0.39 is 5.97 Å². The van der Waals surface area contributed by atoms with Gasteiger partial charge in [0.25, 0.3) is 0 Å². The largest absolute Gasteiger partial charge is 0.481 e. The van der Waals surface area contributed by atoms with Crippen LogP contribution in [-0.4, -0.2) is 17.1 Å². The fourth-order valence-electron chi connectivity index (χ4n) is 2.15. The Morgan fingerprint density at radius 2 is 2.08 bits per heavy atom. The number of aliphatic carboxylic acids is 1. The summed E-state index contributed by atoms with van der Waals surface area (Å²) in [6.45, 7) is 3.98. The Balaban J connectivity index is 2.70. The molecule has 0 radical (unpaired) electrons. The van der Waals surface area contributed by atoms with Crippen LogP contribution in [0.2, 0.25) is 0 Å². The van der Waals surface area contributed by atoms with E-state index in [2.05, 4.69) is 0 Å². The van der Waals surface area contributed by atoms with Gasteiger partial charge in [0.1, 0.15) is 0 Å². The number of nitrogens with two attached hydrogens (primary N) is 1. The molecule has 1 fully saturated rings. The van der Waals surface area contributed by atoms with E-state index in [9.17, 15) is 4.79 Å². The van der Waals surface area contributed by atoms with Crippen LogP contribution in [0.15, 0.2) is 0 Å². The molecule has 1 saturated carbocycles. The number of hydrogen-bond donors (Lipinski definition) is 2. The highest BCUT2D eigenvalue weighted by Crippen LogP contribution is 2.39. The maximum atomic E-state index is 10.8. The van der Waals surface area contributed by atoms with Crippen LogP contribution in [0.5, 0.6) is 0 Å². The second-order valence-corrected chi connectivity index (χ2v) is 4.42. The number of hydrogen-bond acceptors (Lipinski definition) is 2. The number of carboxylic acids is 1. The molecule has 3 N–H and O–H groups in total. The van der Waals surface area contributed by atoms with Crippen LogP contribution in [0, 0.1) is 11.3 Å². The van der Waals surface area contributed by atoms with Crippen LogP contribution < -0.4 is 5.73 Å². The monoisotopic (exact) mass is 171 g/mol. The summed E-state index contributed by atoms with van der Waals surface area (Å²) in [5, 5.41) is 8.92. The summed E-state index contributed by atoms with van der Waals surface area (Å²) in [5.74, 6) is -0.885. The fourth-order valence-corrected chi connectivity index (χ4v) is 2.15. The van der Waals surface area contributed by atoms with Crippen molar-refractivity contribution in [3.63, 3.8) is 0 Å². The smallest absolute Gasteiger partial charge is 0.307 e. The minimum atomic E-state index is -0.674. The SMILES string of the molecule is CC1(C)C[C@H](N)CC[C@@H]1C(=O)O. The van der Waals surface area contributed by atoms with Crippen molar-refractivity contribution in [1.29, 1.82) is 0 Å². The predicted octanol–water partition coefficient (Wildman–Crippen LogP) is 1.22. The number of carbonyl (C=O) groups is 1. The molecule has 3 heteroatoms. The van der Waals surface area contributed by atoms with E-state index in [1.54, 1.807) is 0 Å². The van der Waals surface area contributed by atoms with Crippen LogP contribution in [0.4, 0.5) is 0 Å². The standard InChI is InChI=1S/C9H17NO2/c1-9(2)5-6(10)3-4-7(9)8(11)12/h6-7H,3-5,10H2,1-2H3,(H,11,12)/t6-,7-/m1/s1. The van der Waals surface area contributed by atoms with Gasteiger partial charge < -0.3 is 10.8 Å². The number of carboxylic acid groups (broad SMARTS) is 1. The molecule has 0 saturated heterocycles. The predicted molar refractivity (Wildman–Crippen MR) is 46.7 cm³/mol. The van der Waals surface area contributed by atoms with Gasteiger partial charge in [-0.25, -0.2) is 0 Å². The average molecular weight is 171 g/mol. The van der Waals surface area contributed by atoms with Gasteiger partial charge in [0.15, 0.2) is 0 Å². The lowest BCUT2D eigenvalue weighted by molar-refractivity contribution is -0.147. The van der Waals surface area contributed by atoms with Crippen LogP contribution >= 0.6 is 0 Å². The van der Waals surface area contributed by atoms with E-state index in [-0.39, 0.29) is 17.4 Å². The van der Waals surface area contributed by atoms with Crippen molar-refractivity contribution in [3.05, 3.63) is 0 Å². The first-order valence-corrected chi connectivity index (χ1v) is 4.42. The van der Waals surface area contributed by atoms with Crippen molar-refractivity contribution in [3.8, 4) is 0 Å². The van der Waals surface area contributed by atoms with Gasteiger partial charge in [-0.05, 0) is 24.7 Å². The summed E-state index contributed by atoms with van der Waals surface area (Å²) in [6.07, 6.45) is 2.40. The zero-order valence-corrected chi connectivity index (χ0v) is 7.71. The molecule has 70 valence electrons. The zero-order chi connectivity index (χ0) is 9.35. The molecule has 0 unspecified atom stereocenters. The van der Waals surface area contributed by atoms with Gasteiger partial charge in [-0.1, -0.05) is 13.8 Å². The molecule has 0 aliphatic heterocycles. The van der Waals surface area contributed by atoms with Crippen molar-refractivity contribution < 1.29 is 9.90 Å². The molecule has 2 atom stereocenters. The topological polar surface area (TPSA) is 63.3 Å². The lowest BCUT2D eigenvalue weighted by Crippen LogP contribution is -2.42. The Kier molecular flexibility index (Phi) is 2.42. The second kappa shape index (κ2) is 3.05. The lowest BCUT2D eigenvalue weighted by atomic mass is 9.67. The first-order valence-electron chi connectivity index (χ1n) is 4.42. The van der Waals surface area contributed by atoms with Gasteiger partial charge in [0.05, 0.1) is 5.92 Å². The quantitative estimate of drug-likeness (QED) is 0.623. The third-order valence-corrected chi connectivity index (χ3v) is 2.86. The first-order chi connectivity index (χ1) is 5.43. The van der Waals surface area contributed by atoms with Crippen molar-refractivity contribution in [1.82, 2.24) is 0 Å². The third kappa shape index (κ3) is 1.78. The molecule has 0 amide bonds. The second-order valence-electron chi connectivity index (χ2n) is 4.42. The Hall–Kier alpha value is -0.570. The van der Waals surface area contributed by atoms with E-state index in [4.69, 9.17) is 10.8 Å². The molecule has 0 spiro atoms. The van der Waals surface area contributed by atoms with Crippen LogP contribution in [-0.2, 0) is 4.79 Å². The van der Waals surface area contributed by atoms with Crippen LogP contribution in [0.25, 0.3) is 0 Å². The Labute approximate surface area is 72.9 Å². The van der Waals surface area contributed by atoms with Gasteiger partial charge in [0.2, 0.25) is 0 Å². The summed E-state index contributed by atoms with van der Waals surface area (Å²) < 4.78 is 0. The molecule has 0 aromatic rings. The summed E-state index contributed by atoms with van der Waals surface area (Å²) >= 11 is 0. The van der Waals surface area contributed by atoms with Crippen molar-refractivity contribution in [2.45, 2.75) is 39.2 Å². The summed E-state index contributed by atoms with van der Waals surface area (Å²) in [5.41, 5.74) is 5.64. The summed E-state index contributed by atoms with van der Waals surface area (Å²) in [4.78, 5) is 10.8. The molecule has 0 bridgehead atoms. The highest BCUT2D eigenvalue weighted by molar-refractivity contribution is 5.71. The highest BCUT2D eigenvalue weighted by atomic mass is 16.4. The molecule has 1 aliphatic carbocycles. The van der Waals surface area contributed by atoms with Gasteiger partial charge in [-0.2, -0.15) is 0 Å². The zero-order valence-electron chi connectivity index (χ0n) is 7.71. The molecule has 1 rings (SSSR count). The van der Waals surface area contributed by atoms with Crippen molar-refractivity contribution >= 4 is 5.97 Å². The Morgan fingerprint density at radius 1 is 1.50 bits per heavy atom. The van der Waals surface area contributed by atoms with Gasteiger partial charge in [-0.3, -0.25) is 4.79 Å². The van der Waals surface area contributed by atoms with Gasteiger partial charge in [0, 0.05) is 6.04 Å². The Bertz CT molecular complexity index is 189. The summed E-state index contributed by atoms with van der Waals surface area (Å²) in [7, 11) is 0. The molecule has 12 heavy (non-hydrogen) atoms. The maximum Gasteiger partial charge on any atom is 0.307 e. The molecule has 3 nitrogen and oxygen atoms in total. The normalized spacial score (nSPS) is 34.6. The van der Waals surface area contributed by atoms with E-state index in [0.29, 0.717) is 0 Å². The molecular weight excluding hydrogens is 154 g/mol. The van der Waals surface area contributed by atoms with E-state index in [0.717, 1.165) is 19.3 Å². The van der Waals surface area contributed by atoms with E-state index in [1.807, 2.05) is 13.8 Å². The number of rotatable bonds is 1. The Morgan fingerprint density at radius 3 is 2.50 bits per heavy atom. The first kappa shape index (κ1) is 9.52. The van der Waals surface area contributed by atoms with Crippen molar-refractivity contribution in [2.24, 2.45) is 17.1 Å². The van der Waals surface area contributed by atoms with Crippen LogP contribution in [0.1, 0.15) is 33.1 Å². The van der Waals surface area contributed by atoms with Gasteiger partial charge >= 0.3 is 5.97 Å². The maximum absolute atomic E-state index is 10.8. The molecule has 0 aromatic heterocycles. The average Bonchev–Trinajstić information content (AvgIpc) is 1.82. The van der Waals surface area contributed by atoms with Crippen LogP contribution in [0.3, 0.4) is 0 Å². The summed E-state index contributed by atoms with van der Waals surface area (Å²) in [6, 6.07) is 0.190. The lowest BCUT2D eigenvalue weighted by Gasteiger charge is -2.38. The molecule has 0 heterocycles. The third-order valence-electron chi connectivity index (χ3n) is 2.86. The van der Waals surface area contributed by atoms with E-state index in [1.165, 1.54) is 0 Å². The van der Waals surface area contributed by atoms with Crippen molar-refractivity contribution in [2.75, 3.05) is 0 Å². The molecule has 1 aliphatic rings. The highest BCUT2D eigenvalue weighted by Gasteiger charge is 2.39. The van der Waals surface area contributed by atoms with Gasteiger partial charge in [-0.15, -0.1) is 0 Å². The molecule has 0 aromatic carbocycles. The minimum Gasteiger partial charge on any atom is -0.481 e. The van der Waals surface area contributed by atoms with E-state index >= 15 is 0 Å². The molecular formula is C9H17NO2. The fraction of sp³-hybridized carbons (Fsp3) is 0.889.